The molecule has 1 aromatic heterocycles. The first-order valence-electron chi connectivity index (χ1n) is 7.88. The van der Waals surface area contributed by atoms with E-state index in [1.165, 1.54) is 12.8 Å². The zero-order valence-electron chi connectivity index (χ0n) is 13.5. The predicted molar refractivity (Wildman–Crippen MR) is 85.5 cm³/mol. The summed E-state index contributed by atoms with van der Waals surface area (Å²) in [5.41, 5.74) is 0. The van der Waals surface area contributed by atoms with Gasteiger partial charge in [-0.2, -0.15) is 0 Å². The highest BCUT2D eigenvalue weighted by Gasteiger charge is 2.28. The first-order chi connectivity index (χ1) is 9.52. The number of hydrogen-bond acceptors (Lipinski definition) is 4. The Morgan fingerprint density at radius 3 is 2.55 bits per heavy atom. The fourth-order valence-electron chi connectivity index (χ4n) is 2.16. The molecule has 1 aliphatic rings. The molecule has 0 bridgehead atoms. The molecule has 4 nitrogen and oxygen atoms in total. The number of aromatic nitrogens is 2. The molecule has 0 aromatic carbocycles. The summed E-state index contributed by atoms with van der Waals surface area (Å²) in [6.07, 6.45) is 3.58. The van der Waals surface area contributed by atoms with Gasteiger partial charge in [0.05, 0.1) is 0 Å². The van der Waals surface area contributed by atoms with Crippen LogP contribution in [0.15, 0.2) is 6.07 Å². The fourth-order valence-corrected chi connectivity index (χ4v) is 2.16. The third kappa shape index (κ3) is 3.62. The molecule has 2 rings (SSSR count). The Kier molecular flexibility index (Phi) is 4.84. The number of hydrogen-bond donors (Lipinski definition) is 1. The molecular formula is C16H28N4. The lowest BCUT2D eigenvalue weighted by atomic mass is 10.1. The summed E-state index contributed by atoms with van der Waals surface area (Å²) in [5, 5.41) is 3.40. The Bertz CT molecular complexity index is 440. The van der Waals surface area contributed by atoms with Gasteiger partial charge in [0, 0.05) is 31.6 Å². The van der Waals surface area contributed by atoms with Gasteiger partial charge in [-0.25, -0.2) is 9.97 Å². The molecule has 0 aliphatic heterocycles. The molecular weight excluding hydrogens is 248 g/mol. The minimum absolute atomic E-state index is 0.468. The SMILES string of the molecule is CCCNc1cc(N(C)C(C)C(C)C)nc(C2CC2)n1. The van der Waals surface area contributed by atoms with Gasteiger partial charge in [-0.3, -0.25) is 0 Å². The normalized spacial score (nSPS) is 16.3. The van der Waals surface area contributed by atoms with Gasteiger partial charge in [0.15, 0.2) is 0 Å². The van der Waals surface area contributed by atoms with Crippen LogP contribution in [0.3, 0.4) is 0 Å². The van der Waals surface area contributed by atoms with Crippen molar-refractivity contribution in [1.82, 2.24) is 9.97 Å². The van der Waals surface area contributed by atoms with Gasteiger partial charge < -0.3 is 10.2 Å². The third-order valence-electron chi connectivity index (χ3n) is 4.17. The average molecular weight is 276 g/mol. The van der Waals surface area contributed by atoms with Gasteiger partial charge in [0.1, 0.15) is 17.5 Å². The lowest BCUT2D eigenvalue weighted by Gasteiger charge is -2.29. The minimum atomic E-state index is 0.468. The maximum atomic E-state index is 4.78. The second-order valence-corrected chi connectivity index (χ2v) is 6.27. The van der Waals surface area contributed by atoms with E-state index in [9.17, 15) is 0 Å². The second kappa shape index (κ2) is 6.42. The monoisotopic (exact) mass is 276 g/mol. The molecule has 4 heteroatoms. The summed E-state index contributed by atoms with van der Waals surface area (Å²) < 4.78 is 0. The molecule has 1 atom stereocenters. The van der Waals surface area contributed by atoms with Crippen LogP contribution in [0.2, 0.25) is 0 Å². The summed E-state index contributed by atoms with van der Waals surface area (Å²) >= 11 is 0. The van der Waals surface area contributed by atoms with Crippen molar-refractivity contribution in [3.8, 4) is 0 Å². The zero-order valence-corrected chi connectivity index (χ0v) is 13.5. The van der Waals surface area contributed by atoms with Crippen molar-refractivity contribution in [3.63, 3.8) is 0 Å². The summed E-state index contributed by atoms with van der Waals surface area (Å²) in [6.45, 7) is 9.89. The molecule has 112 valence electrons. The van der Waals surface area contributed by atoms with E-state index in [4.69, 9.17) is 4.98 Å². The smallest absolute Gasteiger partial charge is 0.136 e. The van der Waals surface area contributed by atoms with E-state index in [0.717, 1.165) is 30.4 Å². The molecule has 0 spiro atoms. The van der Waals surface area contributed by atoms with Crippen molar-refractivity contribution in [2.24, 2.45) is 5.92 Å². The quantitative estimate of drug-likeness (QED) is 0.825. The van der Waals surface area contributed by atoms with Crippen LogP contribution < -0.4 is 10.2 Å². The first kappa shape index (κ1) is 15.1. The second-order valence-electron chi connectivity index (χ2n) is 6.27. The van der Waals surface area contributed by atoms with Crippen LogP contribution >= 0.6 is 0 Å². The third-order valence-corrected chi connectivity index (χ3v) is 4.17. The number of rotatable bonds is 7. The first-order valence-corrected chi connectivity index (χ1v) is 7.88. The van der Waals surface area contributed by atoms with Crippen LogP contribution in [0, 0.1) is 5.92 Å². The highest BCUT2D eigenvalue weighted by molar-refractivity contribution is 5.50. The van der Waals surface area contributed by atoms with E-state index >= 15 is 0 Å². The van der Waals surface area contributed by atoms with E-state index in [1.54, 1.807) is 0 Å². The van der Waals surface area contributed by atoms with Crippen molar-refractivity contribution in [3.05, 3.63) is 11.9 Å². The van der Waals surface area contributed by atoms with Crippen molar-refractivity contribution >= 4 is 11.6 Å². The maximum Gasteiger partial charge on any atom is 0.136 e. The molecule has 0 radical (unpaired) electrons. The van der Waals surface area contributed by atoms with Gasteiger partial charge in [0.2, 0.25) is 0 Å². The van der Waals surface area contributed by atoms with E-state index < -0.39 is 0 Å². The summed E-state index contributed by atoms with van der Waals surface area (Å²) in [6, 6.07) is 2.55. The van der Waals surface area contributed by atoms with Crippen molar-refractivity contribution in [2.45, 2.75) is 58.9 Å². The topological polar surface area (TPSA) is 41.0 Å². The van der Waals surface area contributed by atoms with Crippen LogP contribution in [0.5, 0.6) is 0 Å². The predicted octanol–water partition coefficient (Wildman–Crippen LogP) is 3.66. The summed E-state index contributed by atoms with van der Waals surface area (Å²) in [4.78, 5) is 11.7. The Balaban J connectivity index is 2.23. The number of anilines is 2. The van der Waals surface area contributed by atoms with E-state index in [0.29, 0.717) is 17.9 Å². The standard InChI is InChI=1S/C16H28N4/c1-6-9-17-14-10-15(20(5)12(4)11(2)3)19-16(18-14)13-7-8-13/h10-13H,6-9H2,1-5H3,(H,17,18,19). The van der Waals surface area contributed by atoms with E-state index in [2.05, 4.69) is 56.0 Å². The molecule has 0 amide bonds. The molecule has 20 heavy (non-hydrogen) atoms. The maximum absolute atomic E-state index is 4.78. The lowest BCUT2D eigenvalue weighted by molar-refractivity contribution is 0.502. The molecule has 1 fully saturated rings. The minimum Gasteiger partial charge on any atom is -0.370 e. The molecule has 1 unspecified atom stereocenters. The molecule has 1 saturated carbocycles. The highest BCUT2D eigenvalue weighted by atomic mass is 15.2. The van der Waals surface area contributed by atoms with Crippen LogP contribution in [-0.4, -0.2) is 29.6 Å². The Hall–Kier alpha value is -1.32. The van der Waals surface area contributed by atoms with Crippen molar-refractivity contribution < 1.29 is 0 Å². The van der Waals surface area contributed by atoms with E-state index in [-0.39, 0.29) is 0 Å². The lowest BCUT2D eigenvalue weighted by Crippen LogP contribution is -2.34. The van der Waals surface area contributed by atoms with Crippen molar-refractivity contribution in [1.29, 1.82) is 0 Å². The van der Waals surface area contributed by atoms with Crippen molar-refractivity contribution in [2.75, 3.05) is 23.8 Å². The highest BCUT2D eigenvalue weighted by Crippen LogP contribution is 2.39. The molecule has 1 heterocycles. The average Bonchev–Trinajstić information content (AvgIpc) is 3.27. The van der Waals surface area contributed by atoms with Crippen LogP contribution in [-0.2, 0) is 0 Å². The number of nitrogens with zero attached hydrogens (tertiary/aromatic N) is 3. The van der Waals surface area contributed by atoms with Gasteiger partial charge in [0.25, 0.3) is 0 Å². The Morgan fingerprint density at radius 2 is 2.00 bits per heavy atom. The Labute approximate surface area is 123 Å². The molecule has 1 N–H and O–H groups in total. The van der Waals surface area contributed by atoms with Gasteiger partial charge in [-0.15, -0.1) is 0 Å². The molecule has 1 aliphatic carbocycles. The largest absolute Gasteiger partial charge is 0.370 e. The summed E-state index contributed by atoms with van der Waals surface area (Å²) in [5.74, 6) is 4.22. The Morgan fingerprint density at radius 1 is 1.30 bits per heavy atom. The number of nitrogens with one attached hydrogen (secondary N) is 1. The van der Waals surface area contributed by atoms with Crippen LogP contribution in [0.1, 0.15) is 58.7 Å². The molecule has 1 aromatic rings. The summed E-state index contributed by atoms with van der Waals surface area (Å²) in [7, 11) is 2.13. The fraction of sp³-hybridized carbons (Fsp3) is 0.750. The van der Waals surface area contributed by atoms with Gasteiger partial charge in [-0.05, 0) is 32.1 Å². The van der Waals surface area contributed by atoms with Gasteiger partial charge >= 0.3 is 0 Å². The van der Waals surface area contributed by atoms with E-state index in [1.807, 2.05) is 0 Å². The van der Waals surface area contributed by atoms with Gasteiger partial charge in [-0.1, -0.05) is 20.8 Å². The molecule has 0 saturated heterocycles. The van der Waals surface area contributed by atoms with Crippen LogP contribution in [0.25, 0.3) is 0 Å². The van der Waals surface area contributed by atoms with Crippen LogP contribution in [0.4, 0.5) is 11.6 Å². The zero-order chi connectivity index (χ0) is 14.7.